The van der Waals surface area contributed by atoms with Gasteiger partial charge in [0.15, 0.2) is 0 Å². The van der Waals surface area contributed by atoms with Crippen LogP contribution in [0.3, 0.4) is 0 Å². The number of phenols is 1. The van der Waals surface area contributed by atoms with Gasteiger partial charge in [-0.1, -0.05) is 18.2 Å². The van der Waals surface area contributed by atoms with Crippen molar-refractivity contribution in [2.45, 2.75) is 51.1 Å². The Morgan fingerprint density at radius 2 is 1.53 bits per heavy atom. The molecule has 2 saturated heterocycles. The molecule has 0 bridgehead atoms. The molecule has 0 unspecified atom stereocenters. The largest absolute Gasteiger partial charge is 0.508 e. The van der Waals surface area contributed by atoms with Crippen molar-refractivity contribution in [1.82, 2.24) is 5.32 Å². The molecule has 0 radical (unpaired) electrons. The van der Waals surface area contributed by atoms with E-state index >= 15 is 0 Å². The second kappa shape index (κ2) is 9.44. The zero-order valence-corrected chi connectivity index (χ0v) is 21.1. The number of aromatic hydroxyl groups is 1. The Morgan fingerprint density at radius 1 is 0.861 bits per heavy atom. The molecule has 3 aromatic rings. The van der Waals surface area contributed by atoms with Crippen LogP contribution in [0.2, 0.25) is 0 Å². The van der Waals surface area contributed by atoms with E-state index in [0.717, 1.165) is 38.3 Å². The first-order valence-electron chi connectivity index (χ1n) is 13.4. The number of benzene rings is 3. The smallest absolute Gasteiger partial charge is 0.123 e. The summed E-state index contributed by atoms with van der Waals surface area (Å²) in [6.07, 6.45) is 6.03. The average Bonchev–Trinajstić information content (AvgIpc) is 2.90. The predicted molar refractivity (Wildman–Crippen MR) is 144 cm³/mol. The molecule has 0 amide bonds. The van der Waals surface area contributed by atoms with E-state index in [1.807, 2.05) is 18.2 Å². The minimum atomic E-state index is -0.220. The van der Waals surface area contributed by atoms with E-state index in [9.17, 15) is 9.50 Å². The second-order valence-corrected chi connectivity index (χ2v) is 11.1. The van der Waals surface area contributed by atoms with E-state index in [-0.39, 0.29) is 17.9 Å². The van der Waals surface area contributed by atoms with Gasteiger partial charge in [0.05, 0.1) is 6.04 Å². The fourth-order valence-corrected chi connectivity index (χ4v) is 6.78. The van der Waals surface area contributed by atoms with E-state index in [1.54, 1.807) is 18.2 Å². The van der Waals surface area contributed by atoms with Crippen molar-refractivity contribution in [3.63, 3.8) is 0 Å². The van der Waals surface area contributed by atoms with Gasteiger partial charge in [-0.15, -0.1) is 0 Å². The molecule has 6 rings (SSSR count). The van der Waals surface area contributed by atoms with E-state index in [4.69, 9.17) is 0 Å². The molecular weight excluding hydrogens is 449 g/mol. The molecule has 1 spiro atoms. The Kier molecular flexibility index (Phi) is 6.12. The van der Waals surface area contributed by atoms with Crippen LogP contribution in [0.5, 0.6) is 5.75 Å². The Balaban J connectivity index is 1.30. The molecule has 3 aliphatic rings. The Morgan fingerprint density at radius 3 is 2.22 bits per heavy atom. The van der Waals surface area contributed by atoms with Gasteiger partial charge in [-0.25, -0.2) is 4.39 Å². The van der Waals surface area contributed by atoms with Crippen LogP contribution in [-0.4, -0.2) is 37.3 Å². The summed E-state index contributed by atoms with van der Waals surface area (Å²) in [5.74, 6) is 0.0873. The molecule has 2 atom stereocenters. The standard InChI is InChI=1S/C31H36FN3O/c1-22-20-24-21-28(36)10-11-29(24)30(35(22)27-8-4-25(32)5-9-27)23-2-6-26(7-3-23)34-18-14-31(15-19-34)12-16-33-17-13-31/h2-11,21-22,30,33,36H,12-20H2,1H3/t22-,30-/m1/s1. The van der Waals surface area contributed by atoms with Crippen molar-refractivity contribution in [2.24, 2.45) is 5.41 Å². The molecular formula is C31H36FN3O. The van der Waals surface area contributed by atoms with Gasteiger partial charge in [0.1, 0.15) is 11.6 Å². The number of fused-ring (bicyclic) bond motifs is 1. The molecule has 188 valence electrons. The third kappa shape index (κ3) is 4.34. The van der Waals surface area contributed by atoms with E-state index in [1.165, 1.54) is 48.1 Å². The molecule has 2 N–H and O–H groups in total. The van der Waals surface area contributed by atoms with Crippen molar-refractivity contribution in [3.8, 4) is 5.75 Å². The summed E-state index contributed by atoms with van der Waals surface area (Å²) < 4.78 is 13.7. The minimum absolute atomic E-state index is 0.00299. The number of piperidine rings is 2. The highest BCUT2D eigenvalue weighted by atomic mass is 19.1. The number of halogens is 1. The lowest BCUT2D eigenvalue weighted by Crippen LogP contribution is -2.45. The monoisotopic (exact) mass is 485 g/mol. The lowest BCUT2D eigenvalue weighted by Gasteiger charge is -2.45. The lowest BCUT2D eigenvalue weighted by molar-refractivity contribution is 0.155. The normalized spacial score (nSPS) is 23.5. The molecule has 3 aromatic carbocycles. The first kappa shape index (κ1) is 23.4. The van der Waals surface area contributed by atoms with E-state index < -0.39 is 0 Å². The van der Waals surface area contributed by atoms with E-state index in [0.29, 0.717) is 11.2 Å². The van der Waals surface area contributed by atoms with Gasteiger partial charge >= 0.3 is 0 Å². The van der Waals surface area contributed by atoms with Crippen LogP contribution in [0.25, 0.3) is 0 Å². The number of hydrogen-bond donors (Lipinski definition) is 2. The Hall–Kier alpha value is -3.05. The molecule has 3 heterocycles. The van der Waals surface area contributed by atoms with Gasteiger partial charge in [0.25, 0.3) is 0 Å². The summed E-state index contributed by atoms with van der Waals surface area (Å²) in [6.45, 7) is 6.80. The lowest BCUT2D eigenvalue weighted by atomic mass is 9.71. The van der Waals surface area contributed by atoms with Gasteiger partial charge in [-0.2, -0.15) is 0 Å². The molecule has 4 nitrogen and oxygen atoms in total. The SMILES string of the molecule is C[C@@H]1Cc2cc(O)ccc2[C@@H](c2ccc(N3CCC4(CCNCC4)CC3)cc2)N1c1ccc(F)cc1. The Bertz CT molecular complexity index is 1190. The first-order chi connectivity index (χ1) is 17.5. The van der Waals surface area contributed by atoms with E-state index in [2.05, 4.69) is 52.4 Å². The van der Waals surface area contributed by atoms with Crippen LogP contribution in [-0.2, 0) is 6.42 Å². The maximum Gasteiger partial charge on any atom is 0.123 e. The maximum absolute atomic E-state index is 13.7. The maximum atomic E-state index is 13.7. The molecule has 36 heavy (non-hydrogen) atoms. The molecule has 0 saturated carbocycles. The number of nitrogens with zero attached hydrogens (tertiary/aromatic N) is 2. The van der Waals surface area contributed by atoms with Crippen LogP contribution in [0.4, 0.5) is 15.8 Å². The van der Waals surface area contributed by atoms with Crippen molar-refractivity contribution in [3.05, 3.63) is 89.2 Å². The number of rotatable bonds is 3. The van der Waals surface area contributed by atoms with Crippen LogP contribution in [0, 0.1) is 11.2 Å². The highest BCUT2D eigenvalue weighted by Crippen LogP contribution is 2.43. The summed E-state index contributed by atoms with van der Waals surface area (Å²) in [5, 5.41) is 13.7. The molecule has 2 fully saturated rings. The highest BCUT2D eigenvalue weighted by molar-refractivity contribution is 5.59. The quantitative estimate of drug-likeness (QED) is 0.474. The zero-order valence-electron chi connectivity index (χ0n) is 21.1. The second-order valence-electron chi connectivity index (χ2n) is 11.1. The first-order valence-corrected chi connectivity index (χ1v) is 13.4. The topological polar surface area (TPSA) is 38.7 Å². The number of hydrogen-bond acceptors (Lipinski definition) is 4. The minimum Gasteiger partial charge on any atom is -0.508 e. The number of anilines is 2. The molecule has 5 heteroatoms. The summed E-state index contributed by atoms with van der Waals surface area (Å²) in [5.41, 5.74) is 6.45. The van der Waals surface area contributed by atoms with Gasteiger partial charge in [0.2, 0.25) is 0 Å². The summed E-state index contributed by atoms with van der Waals surface area (Å²) >= 11 is 0. The van der Waals surface area contributed by atoms with Gasteiger partial charge in [-0.3, -0.25) is 0 Å². The fraction of sp³-hybridized carbons (Fsp3) is 0.419. The third-order valence-corrected chi connectivity index (χ3v) is 8.88. The van der Waals surface area contributed by atoms with Gasteiger partial charge < -0.3 is 20.2 Å². The Labute approximate surface area is 213 Å². The zero-order chi connectivity index (χ0) is 24.7. The average molecular weight is 486 g/mol. The number of nitrogens with one attached hydrogen (secondary N) is 1. The third-order valence-electron chi connectivity index (χ3n) is 8.88. The van der Waals surface area contributed by atoms with Crippen LogP contribution < -0.4 is 15.1 Å². The summed E-state index contributed by atoms with van der Waals surface area (Å²) in [7, 11) is 0. The molecule has 3 aliphatic heterocycles. The summed E-state index contributed by atoms with van der Waals surface area (Å²) in [4.78, 5) is 4.94. The molecule has 0 aliphatic carbocycles. The summed E-state index contributed by atoms with van der Waals surface area (Å²) in [6, 6.07) is 21.9. The highest BCUT2D eigenvalue weighted by Gasteiger charge is 2.36. The van der Waals surface area contributed by atoms with Crippen molar-refractivity contribution < 1.29 is 9.50 Å². The van der Waals surface area contributed by atoms with Gasteiger partial charge in [0, 0.05) is 30.5 Å². The predicted octanol–water partition coefficient (Wildman–Crippen LogP) is 6.04. The molecule has 0 aromatic heterocycles. The van der Waals surface area contributed by atoms with Gasteiger partial charge in [-0.05, 0) is 123 Å². The van der Waals surface area contributed by atoms with Crippen molar-refractivity contribution >= 4 is 11.4 Å². The fourth-order valence-electron chi connectivity index (χ4n) is 6.78. The van der Waals surface area contributed by atoms with Crippen LogP contribution in [0.1, 0.15) is 55.3 Å². The van der Waals surface area contributed by atoms with Crippen molar-refractivity contribution in [1.29, 1.82) is 0 Å². The number of phenolic OH excluding ortho intramolecular Hbond substituents is 1. The van der Waals surface area contributed by atoms with Crippen molar-refractivity contribution in [2.75, 3.05) is 36.0 Å². The van der Waals surface area contributed by atoms with Crippen LogP contribution in [0.15, 0.2) is 66.7 Å². The van der Waals surface area contributed by atoms with Crippen LogP contribution >= 0.6 is 0 Å².